The number of methoxy groups -OCH3 is 1. The minimum absolute atomic E-state index is 0.0959. The number of ether oxygens (including phenoxy) is 1. The van der Waals surface area contributed by atoms with Gasteiger partial charge >= 0.3 is 5.69 Å². The van der Waals surface area contributed by atoms with Crippen LogP contribution >= 0.6 is 0 Å². The molecule has 2 aromatic rings. The molecule has 0 spiro atoms. The van der Waals surface area contributed by atoms with Crippen molar-refractivity contribution in [2.75, 3.05) is 24.3 Å². The number of nitro groups is 1. The molecule has 1 aromatic carbocycles. The van der Waals surface area contributed by atoms with Crippen LogP contribution in [0.2, 0.25) is 0 Å². The molecule has 0 aliphatic rings. The Balaban J connectivity index is 2.47. The van der Waals surface area contributed by atoms with E-state index in [4.69, 9.17) is 4.74 Å². The average molecular weight is 315 g/mol. The number of benzene rings is 1. The number of aryl methyl sites for hydroxylation is 1. The van der Waals surface area contributed by atoms with Gasteiger partial charge in [0.2, 0.25) is 11.8 Å². The van der Waals surface area contributed by atoms with E-state index in [0.717, 1.165) is 0 Å². The van der Waals surface area contributed by atoms with Gasteiger partial charge < -0.3 is 15.4 Å². The average Bonchev–Trinajstić information content (AvgIpc) is 2.52. The molecule has 1 aromatic heterocycles. The quantitative estimate of drug-likeness (QED) is 0.460. The SMILES string of the molecule is C=CCNc1nc(C)c([N+](=O)[O-])c(Nc2ccccc2OC)n1. The van der Waals surface area contributed by atoms with Crippen LogP contribution in [0.5, 0.6) is 5.75 Å². The summed E-state index contributed by atoms with van der Waals surface area (Å²) < 4.78 is 5.24. The van der Waals surface area contributed by atoms with Crippen molar-refractivity contribution in [3.05, 3.63) is 52.7 Å². The lowest BCUT2D eigenvalue weighted by Crippen LogP contribution is -2.09. The summed E-state index contributed by atoms with van der Waals surface area (Å²) in [4.78, 5) is 19.1. The van der Waals surface area contributed by atoms with Crippen LogP contribution in [-0.2, 0) is 0 Å². The lowest BCUT2D eigenvalue weighted by molar-refractivity contribution is -0.385. The second-order valence-corrected chi connectivity index (χ2v) is 4.58. The van der Waals surface area contributed by atoms with E-state index in [1.807, 2.05) is 0 Å². The zero-order valence-corrected chi connectivity index (χ0v) is 12.9. The molecule has 2 rings (SSSR count). The molecule has 23 heavy (non-hydrogen) atoms. The predicted molar refractivity (Wildman–Crippen MR) is 88.4 cm³/mol. The third kappa shape index (κ3) is 3.73. The van der Waals surface area contributed by atoms with Gasteiger partial charge in [0.25, 0.3) is 0 Å². The largest absolute Gasteiger partial charge is 0.495 e. The number of hydrogen-bond acceptors (Lipinski definition) is 7. The maximum absolute atomic E-state index is 11.3. The van der Waals surface area contributed by atoms with Gasteiger partial charge in [-0.1, -0.05) is 18.2 Å². The van der Waals surface area contributed by atoms with Gasteiger partial charge in [0.1, 0.15) is 11.4 Å². The molecular weight excluding hydrogens is 298 g/mol. The molecule has 0 atom stereocenters. The summed E-state index contributed by atoms with van der Waals surface area (Å²) >= 11 is 0. The van der Waals surface area contributed by atoms with Crippen molar-refractivity contribution >= 4 is 23.1 Å². The molecule has 2 N–H and O–H groups in total. The van der Waals surface area contributed by atoms with Gasteiger partial charge in [-0.25, -0.2) is 4.98 Å². The van der Waals surface area contributed by atoms with Crippen molar-refractivity contribution < 1.29 is 9.66 Å². The Morgan fingerprint density at radius 1 is 1.39 bits per heavy atom. The van der Waals surface area contributed by atoms with Crippen molar-refractivity contribution in [3.63, 3.8) is 0 Å². The minimum atomic E-state index is -0.510. The summed E-state index contributed by atoms with van der Waals surface area (Å²) in [6, 6.07) is 7.10. The van der Waals surface area contributed by atoms with Gasteiger partial charge in [0, 0.05) is 6.54 Å². The molecule has 8 nitrogen and oxygen atoms in total. The van der Waals surface area contributed by atoms with Crippen molar-refractivity contribution in [2.45, 2.75) is 6.92 Å². The fourth-order valence-corrected chi connectivity index (χ4v) is 1.99. The molecule has 0 saturated heterocycles. The van der Waals surface area contributed by atoms with Crippen LogP contribution in [0.4, 0.5) is 23.1 Å². The molecule has 0 amide bonds. The summed E-state index contributed by atoms with van der Waals surface area (Å²) in [6.07, 6.45) is 1.65. The maximum Gasteiger partial charge on any atom is 0.332 e. The number of hydrogen-bond donors (Lipinski definition) is 2. The molecule has 0 aliphatic carbocycles. The number of nitrogens with zero attached hydrogens (tertiary/aromatic N) is 3. The smallest absolute Gasteiger partial charge is 0.332 e. The van der Waals surface area contributed by atoms with E-state index in [2.05, 4.69) is 27.2 Å². The first-order valence-electron chi connectivity index (χ1n) is 6.84. The molecular formula is C15H17N5O3. The van der Waals surface area contributed by atoms with E-state index >= 15 is 0 Å². The predicted octanol–water partition coefficient (Wildman–Crippen LogP) is 3.04. The maximum atomic E-state index is 11.3. The third-order valence-corrected chi connectivity index (χ3v) is 3.01. The summed E-state index contributed by atoms with van der Waals surface area (Å²) in [6.45, 7) is 5.61. The molecule has 0 saturated carbocycles. The standard InChI is InChI=1S/C15H17N5O3/c1-4-9-16-15-17-10(2)13(20(21)22)14(19-15)18-11-7-5-6-8-12(11)23-3/h4-8H,1,9H2,2-3H3,(H2,16,17,18,19). The van der Waals surface area contributed by atoms with Gasteiger partial charge in [0.15, 0.2) is 0 Å². The van der Waals surface area contributed by atoms with E-state index < -0.39 is 4.92 Å². The van der Waals surface area contributed by atoms with Gasteiger partial charge in [-0.2, -0.15) is 4.98 Å². The van der Waals surface area contributed by atoms with Crippen LogP contribution in [0.1, 0.15) is 5.69 Å². The molecule has 0 radical (unpaired) electrons. The van der Waals surface area contributed by atoms with Crippen LogP contribution in [0, 0.1) is 17.0 Å². The lowest BCUT2D eigenvalue weighted by Gasteiger charge is -2.12. The lowest BCUT2D eigenvalue weighted by atomic mass is 10.2. The number of para-hydroxylation sites is 2. The third-order valence-electron chi connectivity index (χ3n) is 3.01. The molecule has 0 aliphatic heterocycles. The van der Waals surface area contributed by atoms with E-state index in [9.17, 15) is 10.1 Å². The van der Waals surface area contributed by atoms with Crippen molar-refractivity contribution in [1.29, 1.82) is 0 Å². The minimum Gasteiger partial charge on any atom is -0.495 e. The number of aromatic nitrogens is 2. The second kappa shape index (κ2) is 7.21. The van der Waals surface area contributed by atoms with E-state index in [1.54, 1.807) is 37.3 Å². The number of anilines is 3. The Morgan fingerprint density at radius 2 is 2.13 bits per heavy atom. The Morgan fingerprint density at radius 3 is 2.78 bits per heavy atom. The first-order chi connectivity index (χ1) is 11.1. The topological polar surface area (TPSA) is 102 Å². The van der Waals surface area contributed by atoms with Crippen LogP contribution in [-0.4, -0.2) is 28.5 Å². The molecule has 0 fully saturated rings. The van der Waals surface area contributed by atoms with Crippen molar-refractivity contribution in [2.24, 2.45) is 0 Å². The van der Waals surface area contributed by atoms with Crippen molar-refractivity contribution in [1.82, 2.24) is 9.97 Å². The molecule has 1 heterocycles. The molecule has 0 bridgehead atoms. The van der Waals surface area contributed by atoms with Crippen LogP contribution < -0.4 is 15.4 Å². The van der Waals surface area contributed by atoms with Crippen LogP contribution in [0.15, 0.2) is 36.9 Å². The summed E-state index contributed by atoms with van der Waals surface area (Å²) in [7, 11) is 1.53. The van der Waals surface area contributed by atoms with E-state index in [0.29, 0.717) is 18.0 Å². The zero-order chi connectivity index (χ0) is 16.8. The number of rotatable bonds is 7. The Labute approximate surface area is 133 Å². The van der Waals surface area contributed by atoms with E-state index in [1.165, 1.54) is 7.11 Å². The Bertz CT molecular complexity index is 733. The Hall–Kier alpha value is -3.16. The highest BCUT2D eigenvalue weighted by molar-refractivity contribution is 5.71. The van der Waals surface area contributed by atoms with Crippen LogP contribution in [0.3, 0.4) is 0 Å². The normalized spacial score (nSPS) is 10.0. The fourth-order valence-electron chi connectivity index (χ4n) is 1.99. The van der Waals surface area contributed by atoms with E-state index in [-0.39, 0.29) is 23.1 Å². The summed E-state index contributed by atoms with van der Waals surface area (Å²) in [5, 5.41) is 17.2. The first-order valence-corrected chi connectivity index (χ1v) is 6.84. The summed E-state index contributed by atoms with van der Waals surface area (Å²) in [5.74, 6) is 0.933. The highest BCUT2D eigenvalue weighted by Gasteiger charge is 2.22. The number of nitrogens with one attached hydrogen (secondary N) is 2. The first kappa shape index (κ1) is 16.2. The zero-order valence-electron chi connectivity index (χ0n) is 12.9. The van der Waals surface area contributed by atoms with Crippen LogP contribution in [0.25, 0.3) is 0 Å². The molecule has 120 valence electrons. The summed E-state index contributed by atoms with van der Waals surface area (Å²) in [5.41, 5.74) is 0.653. The van der Waals surface area contributed by atoms with Gasteiger partial charge in [0.05, 0.1) is 17.7 Å². The monoisotopic (exact) mass is 315 g/mol. The van der Waals surface area contributed by atoms with Gasteiger partial charge in [-0.15, -0.1) is 6.58 Å². The molecule has 0 unspecified atom stereocenters. The van der Waals surface area contributed by atoms with Gasteiger partial charge in [-0.05, 0) is 19.1 Å². The van der Waals surface area contributed by atoms with Crippen molar-refractivity contribution in [3.8, 4) is 5.75 Å². The van der Waals surface area contributed by atoms with Gasteiger partial charge in [-0.3, -0.25) is 10.1 Å². The highest BCUT2D eigenvalue weighted by atomic mass is 16.6. The second-order valence-electron chi connectivity index (χ2n) is 4.58. The fraction of sp³-hybridized carbons (Fsp3) is 0.200. The molecule has 8 heteroatoms. The highest BCUT2D eigenvalue weighted by Crippen LogP contribution is 2.32. The Kier molecular flexibility index (Phi) is 5.08.